The van der Waals surface area contributed by atoms with Crippen molar-refractivity contribution in [3.8, 4) is 23.0 Å². The van der Waals surface area contributed by atoms with Crippen molar-refractivity contribution >= 4 is 21.8 Å². The van der Waals surface area contributed by atoms with Crippen LogP contribution in [-0.4, -0.2) is 33.8 Å². The number of methoxy groups -OCH3 is 3. The van der Waals surface area contributed by atoms with Gasteiger partial charge < -0.3 is 24.3 Å². The third-order valence-corrected chi connectivity index (χ3v) is 4.09. The van der Waals surface area contributed by atoms with Crippen molar-refractivity contribution < 1.29 is 28.1 Å². The van der Waals surface area contributed by atoms with Gasteiger partial charge in [0, 0.05) is 6.54 Å². The molecule has 0 aliphatic carbocycles. The Morgan fingerprint density at radius 2 is 1.69 bits per heavy atom. The minimum Gasteiger partial charge on any atom is -0.493 e. The summed E-state index contributed by atoms with van der Waals surface area (Å²) in [6, 6.07) is 7.47. The molecule has 0 aliphatic heterocycles. The lowest BCUT2D eigenvalue weighted by atomic mass is 10.1. The normalized spacial score (nSPS) is 10.2. The molecule has 0 fully saturated rings. The van der Waals surface area contributed by atoms with Crippen LogP contribution in [0.3, 0.4) is 0 Å². The lowest BCUT2D eigenvalue weighted by Gasteiger charge is -2.14. The maximum absolute atomic E-state index is 13.0. The minimum absolute atomic E-state index is 0.200. The number of amides is 1. The maximum atomic E-state index is 13.0. The van der Waals surface area contributed by atoms with E-state index in [4.69, 9.17) is 18.9 Å². The fourth-order valence-corrected chi connectivity index (χ4v) is 2.69. The number of benzene rings is 2. The molecule has 8 heteroatoms. The van der Waals surface area contributed by atoms with Crippen LogP contribution in [-0.2, 0) is 11.3 Å². The number of carbonyl (C=O) groups is 1. The highest BCUT2D eigenvalue weighted by Gasteiger charge is 2.14. The predicted octanol–water partition coefficient (Wildman–Crippen LogP) is 3.31. The molecule has 0 saturated heterocycles. The summed E-state index contributed by atoms with van der Waals surface area (Å²) in [6.07, 6.45) is 0. The molecule has 0 aromatic heterocycles. The maximum Gasteiger partial charge on any atom is 0.258 e. The van der Waals surface area contributed by atoms with Crippen LogP contribution in [0, 0.1) is 5.82 Å². The lowest BCUT2D eigenvalue weighted by Crippen LogP contribution is -2.28. The van der Waals surface area contributed by atoms with Gasteiger partial charge >= 0.3 is 0 Å². The molecule has 0 atom stereocenters. The summed E-state index contributed by atoms with van der Waals surface area (Å²) >= 11 is 3.18. The lowest BCUT2D eigenvalue weighted by molar-refractivity contribution is -0.123. The number of carbonyl (C=O) groups excluding carboxylic acids is 1. The number of hydrogen-bond donors (Lipinski definition) is 1. The Bertz CT molecular complexity index is 759. The van der Waals surface area contributed by atoms with Gasteiger partial charge in [-0.2, -0.15) is 0 Å². The predicted molar refractivity (Wildman–Crippen MR) is 97.5 cm³/mol. The molecular formula is C18H19BrFNO5. The smallest absolute Gasteiger partial charge is 0.258 e. The van der Waals surface area contributed by atoms with Gasteiger partial charge in [-0.25, -0.2) is 4.39 Å². The molecule has 2 aromatic rings. The van der Waals surface area contributed by atoms with Gasteiger partial charge in [0.15, 0.2) is 18.1 Å². The van der Waals surface area contributed by atoms with E-state index in [0.717, 1.165) is 5.56 Å². The van der Waals surface area contributed by atoms with E-state index in [1.54, 1.807) is 12.1 Å². The van der Waals surface area contributed by atoms with Crippen LogP contribution in [0.5, 0.6) is 23.0 Å². The third kappa shape index (κ3) is 5.01. The summed E-state index contributed by atoms with van der Waals surface area (Å²) in [5.41, 5.74) is 0.774. The Morgan fingerprint density at radius 3 is 2.23 bits per heavy atom. The monoisotopic (exact) mass is 427 g/mol. The highest BCUT2D eigenvalue weighted by Crippen LogP contribution is 2.38. The largest absolute Gasteiger partial charge is 0.493 e. The Morgan fingerprint density at radius 1 is 1.04 bits per heavy atom. The van der Waals surface area contributed by atoms with E-state index >= 15 is 0 Å². The van der Waals surface area contributed by atoms with Crippen LogP contribution in [0.4, 0.5) is 4.39 Å². The first kappa shape index (κ1) is 19.8. The van der Waals surface area contributed by atoms with Gasteiger partial charge in [0.1, 0.15) is 11.6 Å². The van der Waals surface area contributed by atoms with Gasteiger partial charge in [-0.05, 0) is 51.8 Å². The van der Waals surface area contributed by atoms with Gasteiger partial charge in [-0.15, -0.1) is 0 Å². The highest BCUT2D eigenvalue weighted by atomic mass is 79.9. The summed E-state index contributed by atoms with van der Waals surface area (Å²) < 4.78 is 34.7. The molecule has 2 rings (SSSR count). The van der Waals surface area contributed by atoms with Crippen LogP contribution < -0.4 is 24.3 Å². The van der Waals surface area contributed by atoms with Crippen LogP contribution in [0.15, 0.2) is 34.8 Å². The summed E-state index contributed by atoms with van der Waals surface area (Å²) in [5, 5.41) is 2.73. The molecule has 1 N–H and O–H groups in total. The molecule has 6 nitrogen and oxygen atoms in total. The van der Waals surface area contributed by atoms with Gasteiger partial charge in [-0.3, -0.25) is 4.79 Å². The molecule has 0 heterocycles. The quantitative estimate of drug-likeness (QED) is 0.699. The topological polar surface area (TPSA) is 66.0 Å². The molecule has 0 bridgehead atoms. The Labute approximate surface area is 159 Å². The van der Waals surface area contributed by atoms with Gasteiger partial charge in [-0.1, -0.05) is 0 Å². The number of hydrogen-bond acceptors (Lipinski definition) is 5. The van der Waals surface area contributed by atoms with Crippen molar-refractivity contribution in [1.29, 1.82) is 0 Å². The minimum atomic E-state index is -0.393. The van der Waals surface area contributed by atoms with Crippen molar-refractivity contribution in [3.63, 3.8) is 0 Å². The second-order valence-corrected chi connectivity index (χ2v) is 6.03. The number of nitrogens with one attached hydrogen (secondary N) is 1. The number of rotatable bonds is 8. The van der Waals surface area contributed by atoms with Crippen molar-refractivity contribution in [1.82, 2.24) is 5.32 Å². The molecule has 0 saturated carbocycles. The van der Waals surface area contributed by atoms with Gasteiger partial charge in [0.25, 0.3) is 5.91 Å². The van der Waals surface area contributed by atoms with Gasteiger partial charge in [0.05, 0.1) is 25.8 Å². The standard InChI is InChI=1S/C18H19BrFNO5/c1-23-15-6-11(7-16(24-2)18(15)25-3)9-21-17(22)10-26-14-5-4-12(20)8-13(14)19/h4-8H,9-10H2,1-3H3,(H,21,22). The molecule has 140 valence electrons. The average molecular weight is 428 g/mol. The average Bonchev–Trinajstić information content (AvgIpc) is 2.64. The van der Waals surface area contributed by atoms with Gasteiger partial charge in [0.2, 0.25) is 5.75 Å². The zero-order chi connectivity index (χ0) is 19.1. The molecule has 0 aliphatic rings. The van der Waals surface area contributed by atoms with Crippen molar-refractivity contribution in [2.75, 3.05) is 27.9 Å². The van der Waals surface area contributed by atoms with E-state index in [2.05, 4.69) is 21.2 Å². The summed E-state index contributed by atoms with van der Waals surface area (Å²) in [7, 11) is 4.56. The first-order valence-corrected chi connectivity index (χ1v) is 8.41. The summed E-state index contributed by atoms with van der Waals surface area (Å²) in [5.74, 6) is 1.15. The third-order valence-electron chi connectivity index (χ3n) is 3.47. The Kier molecular flexibility index (Phi) is 7.08. The van der Waals surface area contributed by atoms with E-state index in [-0.39, 0.29) is 19.1 Å². The fourth-order valence-electron chi connectivity index (χ4n) is 2.22. The zero-order valence-electron chi connectivity index (χ0n) is 14.6. The molecule has 0 radical (unpaired) electrons. The zero-order valence-corrected chi connectivity index (χ0v) is 16.2. The Balaban J connectivity index is 1.96. The first-order valence-electron chi connectivity index (χ1n) is 7.62. The van der Waals surface area contributed by atoms with Crippen LogP contribution in [0.2, 0.25) is 0 Å². The van der Waals surface area contributed by atoms with E-state index in [9.17, 15) is 9.18 Å². The van der Waals surface area contributed by atoms with E-state index in [1.165, 1.54) is 39.5 Å². The van der Waals surface area contributed by atoms with Crippen molar-refractivity contribution in [2.24, 2.45) is 0 Å². The molecular weight excluding hydrogens is 409 g/mol. The van der Waals surface area contributed by atoms with E-state index in [1.807, 2.05) is 0 Å². The Hall–Kier alpha value is -2.48. The van der Waals surface area contributed by atoms with E-state index in [0.29, 0.717) is 27.5 Å². The number of ether oxygens (including phenoxy) is 4. The second-order valence-electron chi connectivity index (χ2n) is 5.17. The fraction of sp³-hybridized carbons (Fsp3) is 0.278. The molecule has 0 unspecified atom stereocenters. The first-order chi connectivity index (χ1) is 12.5. The summed E-state index contributed by atoms with van der Waals surface area (Å²) in [6.45, 7) is 0.0537. The molecule has 1 amide bonds. The second kappa shape index (κ2) is 9.28. The van der Waals surface area contributed by atoms with Crippen LogP contribution in [0.25, 0.3) is 0 Å². The van der Waals surface area contributed by atoms with Crippen LogP contribution >= 0.6 is 15.9 Å². The van der Waals surface area contributed by atoms with E-state index < -0.39 is 5.82 Å². The number of halogens is 2. The van der Waals surface area contributed by atoms with Crippen molar-refractivity contribution in [2.45, 2.75) is 6.54 Å². The highest BCUT2D eigenvalue weighted by molar-refractivity contribution is 9.10. The van der Waals surface area contributed by atoms with Crippen molar-refractivity contribution in [3.05, 3.63) is 46.2 Å². The SMILES string of the molecule is COc1cc(CNC(=O)COc2ccc(F)cc2Br)cc(OC)c1OC. The molecule has 26 heavy (non-hydrogen) atoms. The van der Waals surface area contributed by atoms with Crippen LogP contribution in [0.1, 0.15) is 5.56 Å². The molecule has 0 spiro atoms. The summed E-state index contributed by atoms with van der Waals surface area (Å²) in [4.78, 5) is 12.0. The molecule has 2 aromatic carbocycles.